The second-order valence-electron chi connectivity index (χ2n) is 7.21. The molecule has 0 spiro atoms. The first-order chi connectivity index (χ1) is 11.7. The maximum Gasteiger partial charge on any atom is 0.320 e. The minimum Gasteiger partial charge on any atom is -0.868 e. The lowest BCUT2D eigenvalue weighted by Crippen LogP contribution is -2.42. The summed E-state index contributed by atoms with van der Waals surface area (Å²) in [6.45, 7) is 3.45. The first-order valence-corrected chi connectivity index (χ1v) is 8.55. The van der Waals surface area contributed by atoms with Crippen LogP contribution in [0.2, 0.25) is 0 Å². The molecule has 2 saturated carbocycles. The zero-order chi connectivity index (χ0) is 18.8. The van der Waals surface area contributed by atoms with Crippen LogP contribution in [0.3, 0.4) is 0 Å². The normalized spacial score (nSPS) is 30.3. The molecular weight excluding hydrogens is 324 g/mol. The van der Waals surface area contributed by atoms with Gasteiger partial charge in [0.25, 0.3) is 0 Å². The molecular formula is C19H23O6-. The highest BCUT2D eigenvalue weighted by atomic mass is 16.4. The number of carboxylic acid groups (broad SMARTS) is 1. The monoisotopic (exact) mass is 347 g/mol. The third kappa shape index (κ3) is 3.89. The third-order valence-corrected chi connectivity index (χ3v) is 5.75. The van der Waals surface area contributed by atoms with Gasteiger partial charge in [-0.05, 0) is 43.4 Å². The summed E-state index contributed by atoms with van der Waals surface area (Å²) in [5.41, 5.74) is -0.156. The van der Waals surface area contributed by atoms with Crippen LogP contribution in [0.15, 0.2) is 23.5 Å². The van der Waals surface area contributed by atoms with Crippen LogP contribution in [0.4, 0.5) is 0 Å². The molecule has 0 radical (unpaired) electrons. The van der Waals surface area contributed by atoms with Crippen LogP contribution in [0.25, 0.3) is 0 Å². The molecule has 2 aliphatic carbocycles. The molecule has 0 heterocycles. The van der Waals surface area contributed by atoms with Crippen molar-refractivity contribution in [1.29, 1.82) is 0 Å². The predicted molar refractivity (Wildman–Crippen MR) is 87.3 cm³/mol. The second kappa shape index (κ2) is 7.33. The van der Waals surface area contributed by atoms with Crippen molar-refractivity contribution in [3.05, 3.63) is 23.5 Å². The predicted octanol–water partition coefficient (Wildman–Crippen LogP) is 1.58. The van der Waals surface area contributed by atoms with Crippen LogP contribution in [-0.2, 0) is 19.2 Å². The van der Waals surface area contributed by atoms with Crippen molar-refractivity contribution in [3.63, 3.8) is 0 Å². The summed E-state index contributed by atoms with van der Waals surface area (Å²) in [4.78, 5) is 47.1. The number of hydrogen-bond acceptors (Lipinski definition) is 5. The van der Waals surface area contributed by atoms with E-state index < -0.39 is 17.1 Å². The van der Waals surface area contributed by atoms with Crippen molar-refractivity contribution in [3.8, 4) is 0 Å². The summed E-state index contributed by atoms with van der Waals surface area (Å²) in [6.07, 6.45) is 4.79. The Hall–Kier alpha value is -2.24. The largest absolute Gasteiger partial charge is 0.868 e. The number of rotatable bonds is 6. The number of carboxylic acids is 1. The smallest absolute Gasteiger partial charge is 0.320 e. The number of carbonyl (C=O) groups is 4. The second-order valence-corrected chi connectivity index (χ2v) is 7.21. The zero-order valence-electron chi connectivity index (χ0n) is 14.5. The van der Waals surface area contributed by atoms with E-state index in [4.69, 9.17) is 5.11 Å². The summed E-state index contributed by atoms with van der Waals surface area (Å²) in [6, 6.07) is 0. The van der Waals surface area contributed by atoms with Crippen molar-refractivity contribution in [2.45, 2.75) is 52.4 Å². The molecule has 0 aromatic carbocycles. The number of allylic oxidation sites excluding steroid dienone is 3. The minimum absolute atomic E-state index is 0.0125. The van der Waals surface area contributed by atoms with Crippen molar-refractivity contribution >= 4 is 23.3 Å². The SMILES string of the molecule is CC(=CC=C([O-])C(=O)O)C(=O)CC[C@@H]1C(=O)CC[C@]2(C)C(=O)CCC12. The Balaban J connectivity index is 2.02. The lowest BCUT2D eigenvalue weighted by molar-refractivity contribution is -0.302. The van der Waals surface area contributed by atoms with Crippen LogP contribution in [0.1, 0.15) is 52.4 Å². The van der Waals surface area contributed by atoms with Gasteiger partial charge in [-0.3, -0.25) is 14.4 Å². The molecule has 0 aromatic heterocycles. The zero-order valence-corrected chi connectivity index (χ0v) is 14.5. The van der Waals surface area contributed by atoms with Gasteiger partial charge in [0.05, 0.1) is 0 Å². The molecule has 0 aromatic rings. The molecule has 2 rings (SSSR count). The number of fused-ring (bicyclic) bond motifs is 1. The van der Waals surface area contributed by atoms with E-state index in [9.17, 15) is 24.3 Å². The van der Waals surface area contributed by atoms with Gasteiger partial charge in [-0.15, -0.1) is 0 Å². The fraction of sp³-hybridized carbons (Fsp3) is 0.579. The van der Waals surface area contributed by atoms with E-state index >= 15 is 0 Å². The molecule has 2 aliphatic rings. The molecule has 2 fully saturated rings. The Morgan fingerprint density at radius 3 is 2.60 bits per heavy atom. The molecule has 1 N–H and O–H groups in total. The van der Waals surface area contributed by atoms with Crippen molar-refractivity contribution < 1.29 is 29.4 Å². The van der Waals surface area contributed by atoms with E-state index in [1.54, 1.807) is 0 Å². The Kier molecular flexibility index (Phi) is 5.60. The van der Waals surface area contributed by atoms with Crippen LogP contribution < -0.4 is 5.11 Å². The lowest BCUT2D eigenvalue weighted by atomic mass is 9.62. The van der Waals surface area contributed by atoms with Crippen LogP contribution >= 0.6 is 0 Å². The standard InChI is InChI=1S/C19H24O6/c1-11(3-6-16(22)18(24)25)14(20)7-4-12-13-5-8-17(23)19(13,2)10-9-15(12)21/h3,6,12-13,22H,4-5,7-10H2,1-2H3,(H,24,25)/p-1/t12-,13?,19-/m0/s1. The fourth-order valence-electron chi connectivity index (χ4n) is 4.07. The van der Waals surface area contributed by atoms with Gasteiger partial charge in [-0.25, -0.2) is 4.79 Å². The Morgan fingerprint density at radius 2 is 1.96 bits per heavy atom. The Morgan fingerprint density at radius 1 is 1.28 bits per heavy atom. The van der Waals surface area contributed by atoms with Gasteiger partial charge >= 0.3 is 5.97 Å². The molecule has 0 bridgehead atoms. The van der Waals surface area contributed by atoms with Gasteiger partial charge in [0.15, 0.2) is 5.78 Å². The Bertz CT molecular complexity index is 671. The first-order valence-electron chi connectivity index (χ1n) is 8.55. The summed E-state index contributed by atoms with van der Waals surface area (Å²) >= 11 is 0. The average Bonchev–Trinajstić information content (AvgIpc) is 2.87. The summed E-state index contributed by atoms with van der Waals surface area (Å²) < 4.78 is 0. The first kappa shape index (κ1) is 19.1. The number of ketones is 3. The highest BCUT2D eigenvalue weighted by Gasteiger charge is 2.53. The third-order valence-electron chi connectivity index (χ3n) is 5.75. The minimum atomic E-state index is -1.57. The quantitative estimate of drug-likeness (QED) is 0.443. The highest BCUT2D eigenvalue weighted by Crippen LogP contribution is 2.52. The average molecular weight is 347 g/mol. The number of aliphatic carboxylic acids is 1. The van der Waals surface area contributed by atoms with Crippen LogP contribution in [0.5, 0.6) is 0 Å². The molecule has 1 unspecified atom stereocenters. The molecule has 0 saturated heterocycles. The molecule has 6 nitrogen and oxygen atoms in total. The summed E-state index contributed by atoms with van der Waals surface area (Å²) in [5.74, 6) is -2.80. The summed E-state index contributed by atoms with van der Waals surface area (Å²) in [5, 5.41) is 19.5. The van der Waals surface area contributed by atoms with E-state index in [1.165, 1.54) is 13.0 Å². The van der Waals surface area contributed by atoms with Gasteiger partial charge in [0.1, 0.15) is 11.6 Å². The van der Waals surface area contributed by atoms with Gasteiger partial charge < -0.3 is 10.2 Å². The Labute approximate surface area is 146 Å². The van der Waals surface area contributed by atoms with Crippen molar-refractivity contribution in [2.24, 2.45) is 17.3 Å². The highest BCUT2D eigenvalue weighted by molar-refractivity contribution is 5.96. The van der Waals surface area contributed by atoms with Crippen LogP contribution in [0, 0.1) is 17.3 Å². The fourth-order valence-corrected chi connectivity index (χ4v) is 4.07. The maximum absolute atomic E-state index is 12.3. The van der Waals surface area contributed by atoms with E-state index in [0.717, 1.165) is 6.08 Å². The van der Waals surface area contributed by atoms with Gasteiger partial charge in [-0.2, -0.15) is 0 Å². The molecule has 0 aliphatic heterocycles. The lowest BCUT2D eigenvalue weighted by Gasteiger charge is -2.39. The summed E-state index contributed by atoms with van der Waals surface area (Å²) in [7, 11) is 0. The van der Waals surface area contributed by atoms with Gasteiger partial charge in [0.2, 0.25) is 0 Å². The van der Waals surface area contributed by atoms with E-state index in [1.807, 2.05) is 6.92 Å². The van der Waals surface area contributed by atoms with Gasteiger partial charge in [-0.1, -0.05) is 19.1 Å². The number of carbonyl (C=O) groups excluding carboxylic acids is 3. The number of Topliss-reactive ketones (excluding diaryl/α,β-unsaturated/α-hetero) is 3. The molecule has 3 atom stereocenters. The van der Waals surface area contributed by atoms with Crippen molar-refractivity contribution in [1.82, 2.24) is 0 Å². The van der Waals surface area contributed by atoms with E-state index in [-0.39, 0.29) is 41.2 Å². The molecule has 136 valence electrons. The van der Waals surface area contributed by atoms with E-state index in [0.29, 0.717) is 32.1 Å². The van der Waals surface area contributed by atoms with Crippen molar-refractivity contribution in [2.75, 3.05) is 0 Å². The number of hydrogen-bond donors (Lipinski definition) is 1. The molecule has 25 heavy (non-hydrogen) atoms. The molecule has 6 heteroatoms. The molecule has 0 amide bonds. The maximum atomic E-state index is 12.3. The van der Waals surface area contributed by atoms with Gasteiger partial charge in [0, 0.05) is 30.6 Å². The van der Waals surface area contributed by atoms with E-state index in [2.05, 4.69) is 0 Å². The van der Waals surface area contributed by atoms with Crippen LogP contribution in [-0.4, -0.2) is 28.4 Å². The topological polar surface area (TPSA) is 112 Å².